The van der Waals surface area contributed by atoms with Crippen LogP contribution in [0.3, 0.4) is 0 Å². The molecule has 0 saturated carbocycles. The molecule has 17 heavy (non-hydrogen) atoms. The number of hydrogen-bond donors (Lipinski definition) is 0. The molecule has 0 spiro atoms. The molecule has 2 rings (SSSR count). The Kier molecular flexibility index (Phi) is 3.23. The van der Waals surface area contributed by atoms with Gasteiger partial charge in [-0.3, -0.25) is 9.59 Å². The van der Waals surface area contributed by atoms with E-state index in [2.05, 4.69) is 6.58 Å². The maximum Gasteiger partial charge on any atom is 0.174 e. The van der Waals surface area contributed by atoms with Crippen molar-refractivity contribution in [3.63, 3.8) is 0 Å². The highest BCUT2D eigenvalue weighted by Crippen LogP contribution is 2.34. The predicted octanol–water partition coefficient (Wildman–Crippen LogP) is 3.28. The second kappa shape index (κ2) is 4.66. The van der Waals surface area contributed by atoms with Gasteiger partial charge in [-0.25, -0.2) is 0 Å². The summed E-state index contributed by atoms with van der Waals surface area (Å²) in [6, 6.07) is 7.11. The minimum atomic E-state index is -0.490. The molecule has 1 unspecified atom stereocenters. The summed E-state index contributed by atoms with van der Waals surface area (Å²) in [6.07, 6.45) is 3.33. The topological polar surface area (TPSA) is 34.1 Å². The number of carbonyl (C=O) groups is 2. The first-order valence-electron chi connectivity index (χ1n) is 5.99. The fourth-order valence-electron chi connectivity index (χ4n) is 2.55. The molecule has 0 amide bonds. The van der Waals surface area contributed by atoms with E-state index in [4.69, 9.17) is 0 Å². The zero-order chi connectivity index (χ0) is 12.4. The van der Waals surface area contributed by atoms with Crippen LogP contribution in [0, 0.1) is 11.8 Å². The molecule has 0 aliphatic heterocycles. The molecule has 0 radical (unpaired) electrons. The maximum atomic E-state index is 12.2. The van der Waals surface area contributed by atoms with Crippen LogP contribution in [-0.4, -0.2) is 11.6 Å². The zero-order valence-electron chi connectivity index (χ0n) is 9.98. The van der Waals surface area contributed by atoms with Gasteiger partial charge in [0.25, 0.3) is 0 Å². The van der Waals surface area contributed by atoms with Crippen molar-refractivity contribution in [2.75, 3.05) is 0 Å². The highest BCUT2D eigenvalue weighted by atomic mass is 16.2. The molecule has 1 aliphatic rings. The van der Waals surface area contributed by atoms with Gasteiger partial charge in [0.15, 0.2) is 11.6 Å². The van der Waals surface area contributed by atoms with Gasteiger partial charge in [0.05, 0.1) is 5.92 Å². The number of carbonyl (C=O) groups excluding carboxylic acids is 2. The van der Waals surface area contributed by atoms with Gasteiger partial charge in [-0.2, -0.15) is 0 Å². The monoisotopic (exact) mass is 228 g/mol. The van der Waals surface area contributed by atoms with Gasteiger partial charge in [0.1, 0.15) is 0 Å². The van der Waals surface area contributed by atoms with E-state index in [1.54, 1.807) is 30.3 Å². The number of rotatable bonds is 4. The number of Topliss-reactive ketones (excluding diaryl/α,β-unsaturated/α-hetero) is 2. The van der Waals surface area contributed by atoms with Crippen LogP contribution >= 0.6 is 0 Å². The Balaban J connectivity index is 2.38. The standard InChI is InChI=1S/C15H16O2/c1-3-7-10(4-2)13-14(16)11-8-5-6-9-12(11)15(13)17/h3,5-6,8-10,13H,1,4,7H2,2H3. The summed E-state index contributed by atoms with van der Waals surface area (Å²) in [7, 11) is 0. The number of fused-ring (bicyclic) bond motifs is 1. The van der Waals surface area contributed by atoms with Crippen molar-refractivity contribution in [3.05, 3.63) is 48.0 Å². The van der Waals surface area contributed by atoms with Crippen LogP contribution in [0.15, 0.2) is 36.9 Å². The smallest absolute Gasteiger partial charge is 0.174 e. The zero-order valence-corrected chi connectivity index (χ0v) is 9.98. The van der Waals surface area contributed by atoms with Crippen molar-refractivity contribution in [2.45, 2.75) is 19.8 Å². The molecule has 0 heterocycles. The van der Waals surface area contributed by atoms with Crippen molar-refractivity contribution < 1.29 is 9.59 Å². The van der Waals surface area contributed by atoms with Crippen molar-refractivity contribution in [1.82, 2.24) is 0 Å². The van der Waals surface area contributed by atoms with Crippen LogP contribution in [0.1, 0.15) is 40.5 Å². The number of ketones is 2. The molecule has 2 nitrogen and oxygen atoms in total. The van der Waals surface area contributed by atoms with E-state index in [0.717, 1.165) is 6.42 Å². The lowest BCUT2D eigenvalue weighted by Crippen LogP contribution is -2.24. The molecule has 1 aromatic carbocycles. The minimum absolute atomic E-state index is 0.0145. The molecule has 0 saturated heterocycles. The molecule has 88 valence electrons. The molecule has 1 aromatic rings. The summed E-state index contributed by atoms with van der Waals surface area (Å²) in [5, 5.41) is 0. The molecule has 0 fully saturated rings. The van der Waals surface area contributed by atoms with E-state index in [1.165, 1.54) is 0 Å². The van der Waals surface area contributed by atoms with Crippen molar-refractivity contribution in [2.24, 2.45) is 11.8 Å². The predicted molar refractivity (Wildman–Crippen MR) is 67.2 cm³/mol. The van der Waals surface area contributed by atoms with E-state index in [9.17, 15) is 9.59 Å². The Labute approximate surface area is 101 Å². The summed E-state index contributed by atoms with van der Waals surface area (Å²) in [4.78, 5) is 24.5. The first kappa shape index (κ1) is 11.8. The van der Waals surface area contributed by atoms with Crippen LogP contribution in [0.25, 0.3) is 0 Å². The average Bonchev–Trinajstić information content (AvgIpc) is 2.61. The number of hydrogen-bond acceptors (Lipinski definition) is 2. The van der Waals surface area contributed by atoms with E-state index >= 15 is 0 Å². The highest BCUT2D eigenvalue weighted by Gasteiger charge is 2.41. The molecule has 0 bridgehead atoms. The summed E-state index contributed by atoms with van der Waals surface area (Å²) in [5.74, 6) is -0.436. The van der Waals surface area contributed by atoms with Crippen LogP contribution in [0.5, 0.6) is 0 Å². The van der Waals surface area contributed by atoms with E-state index in [1.807, 2.05) is 6.92 Å². The van der Waals surface area contributed by atoms with Crippen molar-refractivity contribution in [3.8, 4) is 0 Å². The summed E-state index contributed by atoms with van der Waals surface area (Å²) in [5.41, 5.74) is 1.18. The number of allylic oxidation sites excluding steroid dienone is 1. The lowest BCUT2D eigenvalue weighted by atomic mass is 9.84. The third-order valence-corrected chi connectivity index (χ3v) is 3.49. The third-order valence-electron chi connectivity index (χ3n) is 3.49. The second-order valence-corrected chi connectivity index (χ2v) is 4.44. The largest absolute Gasteiger partial charge is 0.293 e. The van der Waals surface area contributed by atoms with Gasteiger partial charge in [-0.1, -0.05) is 43.7 Å². The van der Waals surface area contributed by atoms with Gasteiger partial charge in [-0.05, 0) is 12.3 Å². The highest BCUT2D eigenvalue weighted by molar-refractivity contribution is 6.26. The SMILES string of the molecule is C=CCC(CC)C1C(=O)c2ccccc2C1=O. The molecule has 0 aromatic heterocycles. The lowest BCUT2D eigenvalue weighted by molar-refractivity contribution is 0.0781. The normalized spacial score (nSPS) is 17.0. The van der Waals surface area contributed by atoms with E-state index in [0.29, 0.717) is 17.5 Å². The van der Waals surface area contributed by atoms with E-state index in [-0.39, 0.29) is 17.5 Å². The van der Waals surface area contributed by atoms with Gasteiger partial charge in [-0.15, -0.1) is 6.58 Å². The summed E-state index contributed by atoms with van der Waals surface area (Å²) < 4.78 is 0. The first-order chi connectivity index (χ1) is 8.20. The average molecular weight is 228 g/mol. The molecule has 1 aliphatic carbocycles. The van der Waals surface area contributed by atoms with Crippen LogP contribution in [0.2, 0.25) is 0 Å². The molecular weight excluding hydrogens is 212 g/mol. The Morgan fingerprint density at radius 1 is 1.24 bits per heavy atom. The second-order valence-electron chi connectivity index (χ2n) is 4.44. The Morgan fingerprint density at radius 3 is 2.18 bits per heavy atom. The molecule has 2 heteroatoms. The van der Waals surface area contributed by atoms with Crippen LogP contribution in [0.4, 0.5) is 0 Å². The fourth-order valence-corrected chi connectivity index (χ4v) is 2.55. The first-order valence-corrected chi connectivity index (χ1v) is 5.99. The minimum Gasteiger partial charge on any atom is -0.293 e. The number of benzene rings is 1. The summed E-state index contributed by atoms with van der Waals surface area (Å²) >= 11 is 0. The molecule has 1 atom stereocenters. The van der Waals surface area contributed by atoms with Crippen LogP contribution < -0.4 is 0 Å². The molecule has 0 N–H and O–H groups in total. The Bertz CT molecular complexity index is 439. The fraction of sp³-hybridized carbons (Fsp3) is 0.333. The van der Waals surface area contributed by atoms with Gasteiger partial charge >= 0.3 is 0 Å². The van der Waals surface area contributed by atoms with Crippen LogP contribution in [-0.2, 0) is 0 Å². The molecular formula is C15H16O2. The summed E-state index contributed by atoms with van der Waals surface area (Å²) in [6.45, 7) is 5.71. The van der Waals surface area contributed by atoms with Gasteiger partial charge in [0.2, 0.25) is 0 Å². The van der Waals surface area contributed by atoms with Gasteiger partial charge in [0, 0.05) is 11.1 Å². The van der Waals surface area contributed by atoms with Crippen molar-refractivity contribution >= 4 is 11.6 Å². The van der Waals surface area contributed by atoms with E-state index < -0.39 is 5.92 Å². The third kappa shape index (κ3) is 1.84. The quantitative estimate of drug-likeness (QED) is 0.585. The Hall–Kier alpha value is -1.70. The van der Waals surface area contributed by atoms with Gasteiger partial charge < -0.3 is 0 Å². The Morgan fingerprint density at radius 2 is 1.76 bits per heavy atom. The lowest BCUT2D eigenvalue weighted by Gasteiger charge is -2.17. The van der Waals surface area contributed by atoms with Crippen molar-refractivity contribution in [1.29, 1.82) is 0 Å². The maximum absolute atomic E-state index is 12.2.